The van der Waals surface area contributed by atoms with Gasteiger partial charge in [0.05, 0.1) is 0 Å². The van der Waals surface area contributed by atoms with Crippen LogP contribution in [0.4, 0.5) is 0 Å². The number of rotatable bonds is 7. The molecule has 2 atom stereocenters. The first-order valence-electron chi connectivity index (χ1n) is 8.52. The molecule has 2 unspecified atom stereocenters. The predicted molar refractivity (Wildman–Crippen MR) is 88.1 cm³/mol. The maximum absolute atomic E-state index is 3.83. The summed E-state index contributed by atoms with van der Waals surface area (Å²) in [6, 6.07) is 11.9. The molecule has 0 heterocycles. The standard InChI is InChI=1S/C19H31N/c1-4-16(3)15-18(20-5-2)19(13-9-10-14-19)17-11-7-6-8-12-17/h6-8,11-12,16,18,20H,4-5,9-10,13-15H2,1-3H3. The summed E-state index contributed by atoms with van der Waals surface area (Å²) in [5.41, 5.74) is 1.94. The highest BCUT2D eigenvalue weighted by Crippen LogP contribution is 2.45. The third-order valence-corrected chi connectivity index (χ3v) is 5.30. The minimum atomic E-state index is 0.376. The van der Waals surface area contributed by atoms with E-state index >= 15 is 0 Å². The van der Waals surface area contributed by atoms with E-state index in [1.807, 2.05) is 0 Å². The van der Waals surface area contributed by atoms with Crippen molar-refractivity contribution < 1.29 is 0 Å². The highest BCUT2D eigenvalue weighted by molar-refractivity contribution is 5.29. The Hall–Kier alpha value is -0.820. The molecule has 1 nitrogen and oxygen atoms in total. The van der Waals surface area contributed by atoms with E-state index in [2.05, 4.69) is 56.4 Å². The predicted octanol–water partition coefficient (Wildman–Crippen LogP) is 4.91. The topological polar surface area (TPSA) is 12.0 Å². The Morgan fingerprint density at radius 3 is 2.30 bits per heavy atom. The van der Waals surface area contributed by atoms with Crippen LogP contribution in [0.15, 0.2) is 30.3 Å². The zero-order chi connectivity index (χ0) is 14.4. The van der Waals surface area contributed by atoms with Gasteiger partial charge in [0.2, 0.25) is 0 Å². The molecule has 0 aliphatic heterocycles. The fourth-order valence-electron chi connectivity index (χ4n) is 3.93. The van der Waals surface area contributed by atoms with Gasteiger partial charge in [-0.1, -0.05) is 70.4 Å². The highest BCUT2D eigenvalue weighted by Gasteiger charge is 2.42. The average molecular weight is 273 g/mol. The van der Waals surface area contributed by atoms with Gasteiger partial charge in [0.15, 0.2) is 0 Å². The minimum Gasteiger partial charge on any atom is -0.313 e. The largest absolute Gasteiger partial charge is 0.313 e. The van der Waals surface area contributed by atoms with E-state index in [4.69, 9.17) is 0 Å². The molecule has 1 fully saturated rings. The molecule has 1 aliphatic rings. The third-order valence-electron chi connectivity index (χ3n) is 5.30. The molecule has 0 aromatic heterocycles. The lowest BCUT2D eigenvalue weighted by molar-refractivity contribution is 0.254. The quantitative estimate of drug-likeness (QED) is 0.744. The number of hydrogen-bond acceptors (Lipinski definition) is 1. The lowest BCUT2D eigenvalue weighted by atomic mass is 9.70. The van der Waals surface area contributed by atoms with Crippen molar-refractivity contribution in [1.82, 2.24) is 5.32 Å². The molecular formula is C19H31N. The summed E-state index contributed by atoms with van der Waals surface area (Å²) in [5, 5.41) is 3.83. The Balaban J connectivity index is 2.28. The summed E-state index contributed by atoms with van der Waals surface area (Å²) in [7, 11) is 0. The molecular weight excluding hydrogens is 242 g/mol. The molecule has 0 saturated heterocycles. The van der Waals surface area contributed by atoms with Crippen molar-refractivity contribution in [1.29, 1.82) is 0 Å². The van der Waals surface area contributed by atoms with Crippen LogP contribution in [0.2, 0.25) is 0 Å². The monoisotopic (exact) mass is 273 g/mol. The van der Waals surface area contributed by atoms with Crippen LogP contribution in [-0.4, -0.2) is 12.6 Å². The van der Waals surface area contributed by atoms with Crippen LogP contribution in [0.1, 0.15) is 64.9 Å². The van der Waals surface area contributed by atoms with E-state index in [-0.39, 0.29) is 0 Å². The molecule has 0 radical (unpaired) electrons. The molecule has 20 heavy (non-hydrogen) atoms. The summed E-state index contributed by atoms with van der Waals surface area (Å²) in [6.07, 6.45) is 8.07. The van der Waals surface area contributed by atoms with E-state index in [0.29, 0.717) is 11.5 Å². The zero-order valence-corrected chi connectivity index (χ0v) is 13.5. The minimum absolute atomic E-state index is 0.376. The van der Waals surface area contributed by atoms with Gasteiger partial charge in [-0.3, -0.25) is 0 Å². The van der Waals surface area contributed by atoms with E-state index in [1.54, 1.807) is 5.56 Å². The fraction of sp³-hybridized carbons (Fsp3) is 0.684. The Morgan fingerprint density at radius 2 is 1.75 bits per heavy atom. The molecule has 2 rings (SSSR count). The smallest absolute Gasteiger partial charge is 0.0166 e. The normalized spacial score (nSPS) is 20.8. The summed E-state index contributed by atoms with van der Waals surface area (Å²) < 4.78 is 0. The second kappa shape index (κ2) is 7.26. The molecule has 1 saturated carbocycles. The van der Waals surface area contributed by atoms with Crippen molar-refractivity contribution in [2.75, 3.05) is 6.54 Å². The van der Waals surface area contributed by atoms with Gasteiger partial charge in [-0.15, -0.1) is 0 Å². The fourth-order valence-corrected chi connectivity index (χ4v) is 3.93. The van der Waals surface area contributed by atoms with Gasteiger partial charge in [-0.05, 0) is 37.3 Å². The van der Waals surface area contributed by atoms with Crippen molar-refractivity contribution in [3.8, 4) is 0 Å². The third kappa shape index (κ3) is 3.25. The number of benzene rings is 1. The molecule has 1 aliphatic carbocycles. The highest BCUT2D eigenvalue weighted by atomic mass is 14.9. The van der Waals surface area contributed by atoms with Crippen molar-refractivity contribution >= 4 is 0 Å². The van der Waals surface area contributed by atoms with Gasteiger partial charge in [-0.25, -0.2) is 0 Å². The summed E-state index contributed by atoms with van der Waals surface area (Å²) in [4.78, 5) is 0. The van der Waals surface area contributed by atoms with Crippen molar-refractivity contribution in [2.24, 2.45) is 5.92 Å². The number of nitrogens with one attached hydrogen (secondary N) is 1. The number of likely N-dealkylation sites (N-methyl/N-ethyl adjacent to an activating group) is 1. The maximum Gasteiger partial charge on any atom is 0.0166 e. The zero-order valence-electron chi connectivity index (χ0n) is 13.5. The van der Waals surface area contributed by atoms with Crippen molar-refractivity contribution in [3.63, 3.8) is 0 Å². The van der Waals surface area contributed by atoms with Crippen LogP contribution in [0, 0.1) is 5.92 Å². The second-order valence-electron chi connectivity index (χ2n) is 6.59. The average Bonchev–Trinajstić information content (AvgIpc) is 2.98. The molecule has 0 amide bonds. The first-order chi connectivity index (χ1) is 9.73. The Bertz CT molecular complexity index is 378. The van der Waals surface area contributed by atoms with Crippen molar-refractivity contribution in [3.05, 3.63) is 35.9 Å². The van der Waals surface area contributed by atoms with Gasteiger partial charge < -0.3 is 5.32 Å². The van der Waals surface area contributed by atoms with Crippen LogP contribution in [0.25, 0.3) is 0 Å². The Morgan fingerprint density at radius 1 is 1.10 bits per heavy atom. The lowest BCUT2D eigenvalue weighted by Crippen LogP contribution is -2.47. The van der Waals surface area contributed by atoms with Crippen LogP contribution >= 0.6 is 0 Å². The van der Waals surface area contributed by atoms with Gasteiger partial charge in [0.25, 0.3) is 0 Å². The van der Waals surface area contributed by atoms with Crippen LogP contribution < -0.4 is 5.32 Å². The first-order valence-corrected chi connectivity index (χ1v) is 8.52. The van der Waals surface area contributed by atoms with Gasteiger partial charge in [0, 0.05) is 11.5 Å². The molecule has 1 heteroatoms. The lowest BCUT2D eigenvalue weighted by Gasteiger charge is -2.40. The molecule has 112 valence electrons. The molecule has 1 aromatic rings. The molecule has 1 aromatic carbocycles. The van der Waals surface area contributed by atoms with Gasteiger partial charge in [0.1, 0.15) is 0 Å². The SMILES string of the molecule is CCNC(CC(C)CC)C1(c2ccccc2)CCCC1. The molecule has 1 N–H and O–H groups in total. The first kappa shape index (κ1) is 15.6. The van der Waals surface area contributed by atoms with E-state index in [9.17, 15) is 0 Å². The van der Waals surface area contributed by atoms with Crippen LogP contribution in [0.3, 0.4) is 0 Å². The second-order valence-corrected chi connectivity index (χ2v) is 6.59. The van der Waals surface area contributed by atoms with E-state index < -0.39 is 0 Å². The Labute approximate surface area is 125 Å². The molecule has 0 bridgehead atoms. The number of hydrogen-bond donors (Lipinski definition) is 1. The maximum atomic E-state index is 3.83. The summed E-state index contributed by atoms with van der Waals surface area (Å²) in [5.74, 6) is 0.806. The van der Waals surface area contributed by atoms with E-state index in [1.165, 1.54) is 38.5 Å². The van der Waals surface area contributed by atoms with Crippen LogP contribution in [-0.2, 0) is 5.41 Å². The summed E-state index contributed by atoms with van der Waals surface area (Å²) in [6.45, 7) is 8.04. The van der Waals surface area contributed by atoms with Gasteiger partial charge in [-0.2, -0.15) is 0 Å². The van der Waals surface area contributed by atoms with Gasteiger partial charge >= 0.3 is 0 Å². The molecule has 0 spiro atoms. The van der Waals surface area contributed by atoms with E-state index in [0.717, 1.165) is 12.5 Å². The summed E-state index contributed by atoms with van der Waals surface area (Å²) >= 11 is 0. The van der Waals surface area contributed by atoms with Crippen LogP contribution in [0.5, 0.6) is 0 Å². The van der Waals surface area contributed by atoms with Crippen molar-refractivity contribution in [2.45, 2.75) is 70.8 Å². The Kier molecular flexibility index (Phi) is 5.65.